The molecule has 0 bridgehead atoms. The van der Waals surface area contributed by atoms with Crippen LogP contribution in [0.4, 0.5) is 0 Å². The van der Waals surface area contributed by atoms with Gasteiger partial charge in [0, 0.05) is 6.04 Å². The molecule has 1 saturated carbocycles. The molecule has 1 unspecified atom stereocenters. The van der Waals surface area contributed by atoms with Crippen molar-refractivity contribution in [1.29, 1.82) is 0 Å². The fraction of sp³-hybridized carbons (Fsp3) is 0.833. The third-order valence-electron chi connectivity index (χ3n) is 3.85. The van der Waals surface area contributed by atoms with E-state index in [-0.39, 0.29) is 17.8 Å². The fourth-order valence-electron chi connectivity index (χ4n) is 2.19. The third kappa shape index (κ3) is 2.70. The van der Waals surface area contributed by atoms with Crippen molar-refractivity contribution in [2.45, 2.75) is 52.5 Å². The average molecular weight is 241 g/mol. The lowest BCUT2D eigenvalue weighted by atomic mass is 9.83. The number of nitrogens with zero attached hydrogens (tertiary/aromatic N) is 1. The van der Waals surface area contributed by atoms with Crippen LogP contribution in [0.5, 0.6) is 0 Å². The van der Waals surface area contributed by atoms with E-state index in [4.69, 9.17) is 10.9 Å². The van der Waals surface area contributed by atoms with E-state index in [1.165, 1.54) is 0 Å². The summed E-state index contributed by atoms with van der Waals surface area (Å²) in [7, 11) is 0. The molecule has 1 atom stereocenters. The summed E-state index contributed by atoms with van der Waals surface area (Å²) >= 11 is 0. The van der Waals surface area contributed by atoms with Crippen LogP contribution in [0.15, 0.2) is 5.16 Å². The predicted octanol–water partition coefficient (Wildman–Crippen LogP) is 1.45. The Hall–Kier alpha value is -1.26. The number of oxime groups is 1. The van der Waals surface area contributed by atoms with Crippen LogP contribution in [-0.4, -0.2) is 23.0 Å². The molecule has 1 rings (SSSR count). The summed E-state index contributed by atoms with van der Waals surface area (Å²) < 4.78 is 0. The van der Waals surface area contributed by atoms with Gasteiger partial charge in [-0.25, -0.2) is 0 Å². The van der Waals surface area contributed by atoms with Crippen molar-refractivity contribution in [2.75, 3.05) is 0 Å². The number of carbonyl (C=O) groups is 1. The van der Waals surface area contributed by atoms with Crippen molar-refractivity contribution in [3.63, 3.8) is 0 Å². The maximum atomic E-state index is 12.3. The molecule has 5 nitrogen and oxygen atoms in total. The van der Waals surface area contributed by atoms with E-state index in [1.807, 2.05) is 6.92 Å². The molecule has 1 aliphatic rings. The molecule has 0 aromatic rings. The molecule has 17 heavy (non-hydrogen) atoms. The van der Waals surface area contributed by atoms with E-state index >= 15 is 0 Å². The molecular weight excluding hydrogens is 218 g/mol. The van der Waals surface area contributed by atoms with Gasteiger partial charge >= 0.3 is 0 Å². The van der Waals surface area contributed by atoms with Gasteiger partial charge in [0.1, 0.15) is 5.41 Å². The van der Waals surface area contributed by atoms with Gasteiger partial charge in [0.25, 0.3) is 0 Å². The third-order valence-corrected chi connectivity index (χ3v) is 3.85. The Morgan fingerprint density at radius 1 is 1.35 bits per heavy atom. The molecular formula is C12H23N3O2. The standard InChI is InChI=1S/C12H23N3O2/c1-8(2)9(3)14-11(16)12(10(13)15-17)6-4-5-7-12/h8-9,17H,4-7H2,1-3H3,(H2,13,15)(H,14,16). The molecule has 98 valence electrons. The van der Waals surface area contributed by atoms with Gasteiger partial charge in [-0.3, -0.25) is 4.79 Å². The normalized spacial score (nSPS) is 21.5. The quantitative estimate of drug-likeness (QED) is 0.301. The van der Waals surface area contributed by atoms with E-state index in [2.05, 4.69) is 24.3 Å². The number of rotatable bonds is 4. The summed E-state index contributed by atoms with van der Waals surface area (Å²) in [5.41, 5.74) is 4.91. The maximum Gasteiger partial charge on any atom is 0.234 e. The lowest BCUT2D eigenvalue weighted by Gasteiger charge is -2.29. The summed E-state index contributed by atoms with van der Waals surface area (Å²) in [6.45, 7) is 6.07. The van der Waals surface area contributed by atoms with Crippen molar-refractivity contribution >= 4 is 11.7 Å². The SMILES string of the molecule is CC(C)C(C)NC(=O)C1(C(N)=NO)CCCC1. The summed E-state index contributed by atoms with van der Waals surface area (Å²) in [6, 6.07) is 0.0893. The highest BCUT2D eigenvalue weighted by Gasteiger charge is 2.45. The van der Waals surface area contributed by atoms with Crippen LogP contribution >= 0.6 is 0 Å². The molecule has 0 aromatic carbocycles. The Bertz CT molecular complexity index is 307. The van der Waals surface area contributed by atoms with Crippen LogP contribution in [0.25, 0.3) is 0 Å². The second kappa shape index (κ2) is 5.38. The van der Waals surface area contributed by atoms with Gasteiger partial charge in [-0.1, -0.05) is 31.8 Å². The highest BCUT2D eigenvalue weighted by atomic mass is 16.4. The van der Waals surface area contributed by atoms with Gasteiger partial charge in [-0.15, -0.1) is 0 Å². The summed E-state index contributed by atoms with van der Waals surface area (Å²) in [6.07, 6.45) is 3.22. The first-order valence-electron chi connectivity index (χ1n) is 6.23. The van der Waals surface area contributed by atoms with Crippen LogP contribution in [0.2, 0.25) is 0 Å². The monoisotopic (exact) mass is 241 g/mol. The molecule has 1 amide bonds. The van der Waals surface area contributed by atoms with Gasteiger partial charge in [-0.05, 0) is 25.7 Å². The molecule has 5 heteroatoms. The molecule has 1 aliphatic carbocycles. The minimum absolute atomic E-state index is 0.0449. The Morgan fingerprint density at radius 3 is 2.29 bits per heavy atom. The van der Waals surface area contributed by atoms with Gasteiger partial charge in [-0.2, -0.15) is 0 Å². The first-order valence-corrected chi connectivity index (χ1v) is 6.23. The van der Waals surface area contributed by atoms with E-state index in [0.29, 0.717) is 18.8 Å². The smallest absolute Gasteiger partial charge is 0.234 e. The Morgan fingerprint density at radius 2 is 1.88 bits per heavy atom. The zero-order valence-corrected chi connectivity index (χ0v) is 10.9. The number of amides is 1. The van der Waals surface area contributed by atoms with Crippen molar-refractivity contribution in [3.8, 4) is 0 Å². The minimum Gasteiger partial charge on any atom is -0.409 e. The van der Waals surface area contributed by atoms with Gasteiger partial charge in [0.15, 0.2) is 5.84 Å². The molecule has 0 saturated heterocycles. The van der Waals surface area contributed by atoms with E-state index in [1.54, 1.807) is 0 Å². The van der Waals surface area contributed by atoms with E-state index in [9.17, 15) is 4.79 Å². The predicted molar refractivity (Wildman–Crippen MR) is 66.8 cm³/mol. The molecule has 0 aliphatic heterocycles. The van der Waals surface area contributed by atoms with Crippen molar-refractivity contribution < 1.29 is 10.0 Å². The first-order chi connectivity index (χ1) is 7.94. The Kier molecular flexibility index (Phi) is 4.37. The summed E-state index contributed by atoms with van der Waals surface area (Å²) in [5, 5.41) is 14.9. The zero-order valence-electron chi connectivity index (χ0n) is 10.9. The van der Waals surface area contributed by atoms with Crippen molar-refractivity contribution in [2.24, 2.45) is 22.2 Å². The second-order valence-electron chi connectivity index (χ2n) is 5.28. The fourth-order valence-corrected chi connectivity index (χ4v) is 2.19. The number of nitrogens with one attached hydrogen (secondary N) is 1. The number of nitrogens with two attached hydrogens (primary N) is 1. The van der Waals surface area contributed by atoms with Gasteiger partial charge in [0.05, 0.1) is 0 Å². The van der Waals surface area contributed by atoms with Crippen molar-refractivity contribution in [1.82, 2.24) is 5.32 Å². The number of carbonyl (C=O) groups excluding carboxylic acids is 1. The number of hydrogen-bond acceptors (Lipinski definition) is 3. The highest BCUT2D eigenvalue weighted by molar-refractivity contribution is 6.07. The summed E-state index contributed by atoms with van der Waals surface area (Å²) in [5.74, 6) is 0.305. The van der Waals surface area contributed by atoms with E-state index < -0.39 is 5.41 Å². The Balaban J connectivity index is 2.82. The van der Waals surface area contributed by atoms with Crippen LogP contribution in [0, 0.1) is 11.3 Å². The van der Waals surface area contributed by atoms with E-state index in [0.717, 1.165) is 12.8 Å². The van der Waals surface area contributed by atoms with Crippen LogP contribution in [-0.2, 0) is 4.79 Å². The van der Waals surface area contributed by atoms with Gasteiger partial charge < -0.3 is 16.3 Å². The average Bonchev–Trinajstić information content (AvgIpc) is 2.77. The first kappa shape index (κ1) is 13.8. The molecule has 0 spiro atoms. The number of amidine groups is 1. The molecule has 4 N–H and O–H groups in total. The van der Waals surface area contributed by atoms with Crippen LogP contribution < -0.4 is 11.1 Å². The van der Waals surface area contributed by atoms with Crippen molar-refractivity contribution in [3.05, 3.63) is 0 Å². The van der Waals surface area contributed by atoms with Crippen LogP contribution in [0.3, 0.4) is 0 Å². The lowest BCUT2D eigenvalue weighted by Crippen LogP contribution is -2.51. The molecule has 0 radical (unpaired) electrons. The Labute approximate surface area is 102 Å². The topological polar surface area (TPSA) is 87.7 Å². The maximum absolute atomic E-state index is 12.3. The zero-order chi connectivity index (χ0) is 13.1. The molecule has 0 aromatic heterocycles. The molecule has 0 heterocycles. The lowest BCUT2D eigenvalue weighted by molar-refractivity contribution is -0.128. The van der Waals surface area contributed by atoms with Crippen LogP contribution in [0.1, 0.15) is 46.5 Å². The van der Waals surface area contributed by atoms with Gasteiger partial charge in [0.2, 0.25) is 5.91 Å². The minimum atomic E-state index is -0.794. The second-order valence-corrected chi connectivity index (χ2v) is 5.28. The molecule has 1 fully saturated rings. The summed E-state index contributed by atoms with van der Waals surface area (Å²) in [4.78, 5) is 12.3. The highest BCUT2D eigenvalue weighted by Crippen LogP contribution is 2.38. The largest absolute Gasteiger partial charge is 0.409 e. The number of hydrogen-bond donors (Lipinski definition) is 3.